The smallest absolute Gasteiger partial charge is 0.231 e. The van der Waals surface area contributed by atoms with Crippen LogP contribution in [0.25, 0.3) is 42.5 Å². The zero-order chi connectivity index (χ0) is 130. The molecule has 7 N–H and O–H groups in total. The first-order chi connectivity index (χ1) is 76.0. The van der Waals surface area contributed by atoms with Crippen LogP contribution in [0.1, 0.15) is 252 Å². The highest BCUT2D eigenvalue weighted by atomic mass is 16.7. The van der Waals surface area contributed by atoms with E-state index in [1.165, 1.54) is 72.9 Å². The van der Waals surface area contributed by atoms with E-state index in [1.54, 1.807) is 20.8 Å². The molecule has 0 saturated heterocycles. The van der Waals surface area contributed by atoms with Gasteiger partial charge in [0, 0.05) is 32.9 Å². The van der Waals surface area contributed by atoms with Crippen molar-refractivity contribution in [3.8, 4) is 80.5 Å². The third-order valence-corrected chi connectivity index (χ3v) is 15.9. The van der Waals surface area contributed by atoms with Crippen molar-refractivity contribution in [3.63, 3.8) is 0 Å². The first-order valence-electron chi connectivity index (χ1n) is 60.9. The monoisotopic (exact) mass is 1690 g/mol. The SMILES string of the molecule is [2H]/C(=C\C([2H])(O)C(C)(C([2H])([2H])[2H])C([2H])([2H])[2H])c1ccc2c(c1)OC([2H])([2H])O2.[2H]/C(=C\C([2H])(O)C(C)(C([2H])([2H])[2H])C([2H])([2H])[2H])c1ccc2c(c1)OCO2.[2H]c1c([2H])c2c(c([2H])c1/C=C/C(O)C(C)(C([2H])([2H])[2H])C([2H])([2H])[2H])OC([2H])([2H])O2.[2H]c1c([2H])c2c(c([2H])c1/C=C/C(O)C(C)(C([2H])([2H])[2H])C([2H])([2H])[2H])OCO2.[2H]c1c([2H])c2c(c([2H])c1/C=C/C(O)C(C)(C)C)OC([2H])([2H])O2.[2H]c1c([2H])c2c(c([2H])c1/C=C/C(O)C(C)(C)C)OCO2.[2H]c1c([2H])c2c(c([2H])c1/C=C/C([2H])(O)C(C)(C)C)OCO2. The molecule has 0 amide bonds. The molecule has 119 heavy (non-hydrogen) atoms. The van der Waals surface area contributed by atoms with E-state index in [2.05, 4.69) is 0 Å². The lowest BCUT2D eigenvalue weighted by Gasteiger charge is -2.22. The molecule has 7 aromatic carbocycles. The van der Waals surface area contributed by atoms with Crippen LogP contribution in [0.3, 0.4) is 0 Å². The Bertz CT molecular complexity index is 7080. The van der Waals surface area contributed by atoms with Crippen molar-refractivity contribution in [3.05, 3.63) is 209 Å². The second-order valence-corrected chi connectivity index (χ2v) is 30.0. The number of hydrogen-bond acceptors (Lipinski definition) is 21. The van der Waals surface area contributed by atoms with Crippen LogP contribution in [0.2, 0.25) is 0 Å². The fourth-order valence-corrected chi connectivity index (χ4v) is 8.50. The van der Waals surface area contributed by atoms with Crippen molar-refractivity contribution in [1.82, 2.24) is 0 Å². The molecule has 0 fully saturated rings. The summed E-state index contributed by atoms with van der Waals surface area (Å²) in [6.45, 7) is -12.9. The Labute approximate surface area is 774 Å². The molecular formula is C98H126O21. The summed E-state index contributed by atoms with van der Waals surface area (Å²) in [6.07, 6.45) is -0.169. The van der Waals surface area contributed by atoms with Gasteiger partial charge in [0.2, 0.25) is 47.4 Å². The van der Waals surface area contributed by atoms with Gasteiger partial charge in [-0.2, -0.15) is 0 Å². The predicted octanol–water partition coefficient (Wildman–Crippen LogP) is 19.8. The summed E-state index contributed by atoms with van der Waals surface area (Å²) in [5.41, 5.74) is -11.8. The lowest BCUT2D eigenvalue weighted by molar-refractivity contribution is 0.106. The van der Waals surface area contributed by atoms with Crippen molar-refractivity contribution < 1.29 is 171 Å². The fourth-order valence-electron chi connectivity index (χ4n) is 8.50. The van der Waals surface area contributed by atoms with Gasteiger partial charge in [0.1, 0.15) is 8.22 Å². The van der Waals surface area contributed by atoms with Gasteiger partial charge in [-0.25, -0.2) is 0 Å². The molecule has 7 aliphatic heterocycles. The van der Waals surface area contributed by atoms with Crippen LogP contribution in [0.15, 0.2) is 170 Å². The van der Waals surface area contributed by atoms with Crippen LogP contribution in [-0.2, 0) is 0 Å². The maximum absolute atomic E-state index is 10.4. The topological polar surface area (TPSA) is 271 Å². The molecular weight excluding hydrogens is 1510 g/mol. The third-order valence-electron chi connectivity index (χ3n) is 15.9. The van der Waals surface area contributed by atoms with E-state index >= 15 is 0 Å². The minimum atomic E-state index is -3.23. The Morgan fingerprint density at radius 1 is 0.277 bits per heavy atom. The van der Waals surface area contributed by atoms with Crippen molar-refractivity contribution in [2.75, 3.05) is 47.4 Å². The van der Waals surface area contributed by atoms with Gasteiger partial charge in [0.05, 0.1) is 70.1 Å². The van der Waals surface area contributed by atoms with Gasteiger partial charge in [-0.1, -0.05) is 272 Å². The van der Waals surface area contributed by atoms with Crippen LogP contribution in [0.4, 0.5) is 0 Å². The standard InChI is InChI=1S/7C14H18O3/c7*1-14(2,3)13(15)7-5-10-4-6-11-12(8-10)17-9-16-11/h7*4-8,13,15H,9H2,1-3H3/b7*7-5+/i1D3,2D3,4D,6D,8D,9D2;1D3,2D3,5D,9D2,13D;1D3,2D3,4D,6D,8D;4D,6D,8D,13D;4D,6D,8D,9D2;1D3,2D3,5D,13D;4D,6D,8D. The van der Waals surface area contributed by atoms with Crippen LogP contribution >= 0.6 is 0 Å². The predicted molar refractivity (Wildman–Crippen MR) is 469 cm³/mol. The van der Waals surface area contributed by atoms with Crippen LogP contribution < -0.4 is 66.3 Å². The molecule has 21 heteroatoms. The molecule has 0 radical (unpaired) electrons. The number of hydrogen-bond donors (Lipinski definition) is 7. The van der Waals surface area contributed by atoms with E-state index in [0.717, 1.165) is 52.0 Å². The average molecular weight is 1690 g/mol. The molecule has 21 nitrogen and oxygen atoms in total. The first kappa shape index (κ1) is 45.9. The normalized spacial score (nSPS) is 25.6. The number of aliphatic hydroxyl groups excluding tert-OH is 4. The quantitative estimate of drug-likeness (QED) is 0.0533. The maximum atomic E-state index is 10.4. The zero-order valence-corrected chi connectivity index (χ0v) is 66.9. The van der Waals surface area contributed by atoms with Crippen LogP contribution in [0, 0.1) is 37.9 Å². The number of aliphatic hydroxyl groups is 7. The Morgan fingerprint density at radius 2 is 0.513 bits per heavy atom. The number of benzene rings is 7. The minimum Gasteiger partial charge on any atom is -0.454 e. The van der Waals surface area contributed by atoms with E-state index in [0.29, 0.717) is 23.7 Å². The Kier molecular flexibility index (Phi) is 16.0. The van der Waals surface area contributed by atoms with Crippen molar-refractivity contribution in [2.45, 2.75) is 187 Å². The summed E-state index contributed by atoms with van der Waals surface area (Å²) in [7, 11) is 0. The second-order valence-electron chi connectivity index (χ2n) is 30.0. The summed E-state index contributed by atoms with van der Waals surface area (Å²) in [4.78, 5) is 0. The lowest BCUT2D eigenvalue weighted by atomic mass is 9.89. The summed E-state index contributed by atoms with van der Waals surface area (Å²) >= 11 is 0. The van der Waals surface area contributed by atoms with E-state index in [-0.39, 0.29) is 202 Å². The van der Waals surface area contributed by atoms with E-state index in [9.17, 15) is 35.7 Å². The Morgan fingerprint density at radius 3 is 0.832 bits per heavy atom. The number of rotatable bonds is 14. The molecule has 7 aliphatic rings. The van der Waals surface area contributed by atoms with Crippen molar-refractivity contribution in [2.24, 2.45) is 37.9 Å². The summed E-state index contributed by atoms with van der Waals surface area (Å²) < 4.78 is 454. The molecule has 0 bridgehead atoms. The highest BCUT2D eigenvalue weighted by Crippen LogP contribution is 2.40. The number of fused-ring (bicyclic) bond motifs is 7. The van der Waals surface area contributed by atoms with Gasteiger partial charge in [0.25, 0.3) is 0 Å². The van der Waals surface area contributed by atoms with E-state index < -0.39 is 192 Å². The molecule has 0 saturated carbocycles. The Balaban J connectivity index is 0.000000238. The highest BCUT2D eigenvalue weighted by molar-refractivity contribution is 5.63. The highest BCUT2D eigenvalue weighted by Gasteiger charge is 2.27. The number of ether oxygens (including phenoxy) is 14. The first-order valence-corrected chi connectivity index (χ1v) is 35.9. The molecule has 7 unspecified atom stereocenters. The molecule has 0 aromatic heterocycles. The van der Waals surface area contributed by atoms with E-state index in [4.69, 9.17) is 135 Å². The molecule has 0 aliphatic carbocycles. The molecule has 7 atom stereocenters. The largest absolute Gasteiger partial charge is 0.454 e. The Hall–Kier alpha value is -10.4. The molecule has 14 rings (SSSR count). The van der Waals surface area contributed by atoms with Gasteiger partial charge in [-0.3, -0.25) is 0 Å². The molecule has 644 valence electrons. The maximum Gasteiger partial charge on any atom is 0.231 e. The molecule has 7 aromatic rings. The van der Waals surface area contributed by atoms with Gasteiger partial charge in [-0.05, 0) is 162 Å². The van der Waals surface area contributed by atoms with Crippen LogP contribution in [0.5, 0.6) is 80.5 Å². The van der Waals surface area contributed by atoms with Crippen molar-refractivity contribution >= 4 is 42.5 Å². The lowest BCUT2D eigenvalue weighted by Crippen LogP contribution is -2.23. The zero-order valence-electron chi connectivity index (χ0n) is 117. The molecule has 0 spiro atoms. The van der Waals surface area contributed by atoms with Gasteiger partial charge < -0.3 is 102 Å². The van der Waals surface area contributed by atoms with Crippen molar-refractivity contribution in [1.29, 1.82) is 0 Å². The molecule has 7 heterocycles. The van der Waals surface area contributed by atoms with Gasteiger partial charge in [0.15, 0.2) is 80.5 Å². The second kappa shape index (κ2) is 41.6. The average Bonchev–Trinajstić information content (AvgIpc) is 1.71. The minimum absolute atomic E-state index is 0.0101. The summed E-state index contributed by atoms with van der Waals surface area (Å²) in [5, 5.41) is 71.6. The van der Waals surface area contributed by atoms with Gasteiger partial charge >= 0.3 is 0 Å². The van der Waals surface area contributed by atoms with Crippen LogP contribution in [-0.4, -0.2) is 126 Å². The third kappa shape index (κ3) is 30.1. The summed E-state index contributed by atoms with van der Waals surface area (Å²) in [6, 6.07) is 3.17. The fraction of sp³-hybridized carbons (Fsp3) is 0.429. The van der Waals surface area contributed by atoms with E-state index in [1.807, 2.05) is 41.5 Å². The van der Waals surface area contributed by atoms with Gasteiger partial charge in [-0.15, -0.1) is 0 Å². The summed E-state index contributed by atoms with van der Waals surface area (Å²) in [5.74, 6) is 0.0779.